The summed E-state index contributed by atoms with van der Waals surface area (Å²) in [5.74, 6) is 0.928. The van der Waals surface area contributed by atoms with Gasteiger partial charge in [-0.15, -0.1) is 0 Å². The number of aromatic hydroxyl groups is 1. The number of hydrogen-bond acceptors (Lipinski definition) is 2. The first-order valence-corrected chi connectivity index (χ1v) is 9.86. The molecule has 2 N–H and O–H groups in total. The first-order valence-electron chi connectivity index (χ1n) is 9.86. The predicted octanol–water partition coefficient (Wildman–Crippen LogP) is 5.08. The van der Waals surface area contributed by atoms with Gasteiger partial charge in [0.2, 0.25) is 0 Å². The first-order chi connectivity index (χ1) is 12.8. The Morgan fingerprint density at radius 2 is 1.88 bits per heavy atom. The van der Waals surface area contributed by atoms with Crippen LogP contribution in [0.2, 0.25) is 0 Å². The summed E-state index contributed by atoms with van der Waals surface area (Å²) in [6.07, 6.45) is 8.16. The number of aromatic nitrogens is 1. The summed E-state index contributed by atoms with van der Waals surface area (Å²) in [7, 11) is 0. The Balaban J connectivity index is 1.27. The first kappa shape index (κ1) is 17.2. The summed E-state index contributed by atoms with van der Waals surface area (Å²) in [5, 5.41) is 11.5. The lowest BCUT2D eigenvalue weighted by molar-refractivity contribution is 0.203. The molecule has 1 aromatic heterocycles. The van der Waals surface area contributed by atoms with Crippen molar-refractivity contribution in [1.29, 1.82) is 0 Å². The quantitative estimate of drug-likeness (QED) is 0.610. The molecule has 2 aromatic carbocycles. The summed E-state index contributed by atoms with van der Waals surface area (Å²) in [5.41, 5.74) is 3.80. The Bertz CT molecular complexity index is 854. The maximum absolute atomic E-state index is 10.1. The second kappa shape index (κ2) is 7.96. The Morgan fingerprint density at radius 1 is 1.04 bits per heavy atom. The highest BCUT2D eigenvalue weighted by Crippen LogP contribution is 2.32. The second-order valence-electron chi connectivity index (χ2n) is 7.52. The van der Waals surface area contributed by atoms with Gasteiger partial charge in [0.05, 0.1) is 0 Å². The lowest BCUT2D eigenvalue weighted by Gasteiger charge is -2.33. The molecule has 0 radical (unpaired) electrons. The standard InChI is InChI=1S/C23H28N2O/c26-23-13-4-2-11-21(23)19-9-7-15-25(17-19)14-6-5-8-18-16-24-22-12-3-1-10-20(18)22/h1-4,10-13,16,19,24,26H,5-9,14-15,17H2. The maximum Gasteiger partial charge on any atom is 0.119 e. The average Bonchev–Trinajstić information content (AvgIpc) is 3.09. The number of para-hydroxylation sites is 2. The van der Waals surface area contributed by atoms with Crippen molar-refractivity contribution < 1.29 is 5.11 Å². The van der Waals surface area contributed by atoms with E-state index < -0.39 is 0 Å². The fraction of sp³-hybridized carbons (Fsp3) is 0.391. The van der Waals surface area contributed by atoms with Crippen LogP contribution in [0, 0.1) is 0 Å². The normalized spacial score (nSPS) is 18.4. The van der Waals surface area contributed by atoms with Gasteiger partial charge < -0.3 is 15.0 Å². The van der Waals surface area contributed by atoms with Crippen LogP contribution in [-0.2, 0) is 6.42 Å². The number of aryl methyl sites for hydroxylation is 1. The van der Waals surface area contributed by atoms with Crippen LogP contribution in [0.4, 0.5) is 0 Å². The molecule has 0 spiro atoms. The third-order valence-electron chi connectivity index (χ3n) is 5.73. The largest absolute Gasteiger partial charge is 0.508 e. The van der Waals surface area contributed by atoms with Gasteiger partial charge in [0, 0.05) is 29.6 Å². The molecule has 3 aromatic rings. The fourth-order valence-electron chi connectivity index (χ4n) is 4.33. The molecule has 26 heavy (non-hydrogen) atoms. The molecule has 0 amide bonds. The van der Waals surface area contributed by atoms with Gasteiger partial charge in [-0.3, -0.25) is 0 Å². The van der Waals surface area contributed by atoms with Crippen molar-refractivity contribution in [3.8, 4) is 5.75 Å². The number of nitrogens with one attached hydrogen (secondary N) is 1. The zero-order chi connectivity index (χ0) is 17.8. The Hall–Kier alpha value is -2.26. The number of likely N-dealkylation sites (tertiary alicyclic amines) is 1. The van der Waals surface area contributed by atoms with E-state index in [0.29, 0.717) is 11.7 Å². The van der Waals surface area contributed by atoms with Crippen LogP contribution < -0.4 is 0 Å². The molecule has 3 heteroatoms. The molecule has 0 saturated carbocycles. The van der Waals surface area contributed by atoms with Gasteiger partial charge in [-0.2, -0.15) is 0 Å². The molecule has 0 bridgehead atoms. The maximum atomic E-state index is 10.1. The molecule has 1 unspecified atom stereocenters. The minimum absolute atomic E-state index is 0.457. The molecule has 0 aliphatic carbocycles. The molecule has 1 fully saturated rings. The molecule has 4 rings (SSSR count). The number of unbranched alkanes of at least 4 members (excludes halogenated alkanes) is 1. The van der Waals surface area contributed by atoms with E-state index in [0.717, 1.165) is 25.1 Å². The summed E-state index contributed by atoms with van der Waals surface area (Å²) < 4.78 is 0. The van der Waals surface area contributed by atoms with E-state index in [4.69, 9.17) is 0 Å². The van der Waals surface area contributed by atoms with E-state index in [1.165, 1.54) is 48.7 Å². The lowest BCUT2D eigenvalue weighted by atomic mass is 9.90. The molecule has 1 saturated heterocycles. The molecular formula is C23H28N2O. The number of fused-ring (bicyclic) bond motifs is 1. The fourth-order valence-corrected chi connectivity index (χ4v) is 4.33. The number of nitrogens with zero attached hydrogens (tertiary/aromatic N) is 1. The number of aromatic amines is 1. The number of phenols is 1. The molecule has 1 aliphatic heterocycles. The van der Waals surface area contributed by atoms with Crippen LogP contribution in [0.25, 0.3) is 10.9 Å². The van der Waals surface area contributed by atoms with Gasteiger partial charge >= 0.3 is 0 Å². The highest BCUT2D eigenvalue weighted by molar-refractivity contribution is 5.82. The predicted molar refractivity (Wildman–Crippen MR) is 108 cm³/mol. The molecule has 2 heterocycles. The van der Waals surface area contributed by atoms with Gasteiger partial charge in [-0.1, -0.05) is 36.4 Å². The topological polar surface area (TPSA) is 39.3 Å². The van der Waals surface area contributed by atoms with Crippen molar-refractivity contribution in [3.63, 3.8) is 0 Å². The molecule has 3 nitrogen and oxygen atoms in total. The molecule has 1 atom stereocenters. The number of rotatable bonds is 6. The van der Waals surface area contributed by atoms with Crippen LogP contribution in [-0.4, -0.2) is 34.6 Å². The summed E-state index contributed by atoms with van der Waals surface area (Å²) in [4.78, 5) is 5.95. The second-order valence-corrected chi connectivity index (χ2v) is 7.52. The number of piperidine rings is 1. The summed E-state index contributed by atoms with van der Waals surface area (Å²) >= 11 is 0. The zero-order valence-electron chi connectivity index (χ0n) is 15.3. The lowest BCUT2D eigenvalue weighted by Crippen LogP contribution is -2.35. The Morgan fingerprint density at radius 3 is 2.81 bits per heavy atom. The van der Waals surface area contributed by atoms with Crippen molar-refractivity contribution in [1.82, 2.24) is 9.88 Å². The van der Waals surface area contributed by atoms with Crippen molar-refractivity contribution >= 4 is 10.9 Å². The molecule has 1 aliphatic rings. The average molecular weight is 348 g/mol. The van der Waals surface area contributed by atoms with Crippen molar-refractivity contribution in [3.05, 3.63) is 65.9 Å². The van der Waals surface area contributed by atoms with E-state index in [2.05, 4.69) is 46.4 Å². The third kappa shape index (κ3) is 3.78. The van der Waals surface area contributed by atoms with Gasteiger partial charge in [-0.05, 0) is 68.5 Å². The highest BCUT2D eigenvalue weighted by Gasteiger charge is 2.22. The highest BCUT2D eigenvalue weighted by atomic mass is 16.3. The zero-order valence-corrected chi connectivity index (χ0v) is 15.3. The van der Waals surface area contributed by atoms with E-state index in [9.17, 15) is 5.11 Å². The van der Waals surface area contributed by atoms with Crippen LogP contribution in [0.3, 0.4) is 0 Å². The SMILES string of the molecule is Oc1ccccc1C1CCCN(CCCCc2c[nH]c3ccccc23)C1. The number of phenolic OH excluding ortho intramolecular Hbond substituents is 1. The number of benzene rings is 2. The van der Waals surface area contributed by atoms with Crippen LogP contribution in [0.5, 0.6) is 5.75 Å². The van der Waals surface area contributed by atoms with Crippen molar-refractivity contribution in [2.75, 3.05) is 19.6 Å². The third-order valence-corrected chi connectivity index (χ3v) is 5.73. The van der Waals surface area contributed by atoms with Crippen LogP contribution >= 0.6 is 0 Å². The van der Waals surface area contributed by atoms with Gasteiger partial charge in [-0.25, -0.2) is 0 Å². The number of hydrogen-bond donors (Lipinski definition) is 2. The van der Waals surface area contributed by atoms with E-state index in [-0.39, 0.29) is 0 Å². The summed E-state index contributed by atoms with van der Waals surface area (Å²) in [6.45, 7) is 3.42. The minimum atomic E-state index is 0.457. The van der Waals surface area contributed by atoms with Gasteiger partial charge in [0.1, 0.15) is 5.75 Å². The van der Waals surface area contributed by atoms with Crippen molar-refractivity contribution in [2.24, 2.45) is 0 Å². The van der Waals surface area contributed by atoms with E-state index in [1.807, 2.05) is 18.2 Å². The van der Waals surface area contributed by atoms with E-state index >= 15 is 0 Å². The van der Waals surface area contributed by atoms with Crippen LogP contribution in [0.15, 0.2) is 54.7 Å². The van der Waals surface area contributed by atoms with Crippen molar-refractivity contribution in [2.45, 2.75) is 38.0 Å². The molecule has 136 valence electrons. The number of H-pyrrole nitrogens is 1. The van der Waals surface area contributed by atoms with Crippen LogP contribution in [0.1, 0.15) is 42.7 Å². The Kier molecular flexibility index (Phi) is 5.26. The van der Waals surface area contributed by atoms with Gasteiger partial charge in [0.15, 0.2) is 0 Å². The van der Waals surface area contributed by atoms with E-state index in [1.54, 1.807) is 0 Å². The molecular weight excluding hydrogens is 320 g/mol. The summed E-state index contributed by atoms with van der Waals surface area (Å²) in [6, 6.07) is 16.4. The minimum Gasteiger partial charge on any atom is -0.508 e. The smallest absolute Gasteiger partial charge is 0.119 e. The monoisotopic (exact) mass is 348 g/mol. The van der Waals surface area contributed by atoms with Gasteiger partial charge in [0.25, 0.3) is 0 Å². The Labute approximate surface area is 155 Å².